The Kier molecular flexibility index (Phi) is 9.79. The Bertz CT molecular complexity index is 1400. The van der Waals surface area contributed by atoms with E-state index in [4.69, 9.17) is 32.7 Å². The smallest absolute Gasteiger partial charge is 0.260 e. The molecule has 0 saturated carbocycles. The largest absolute Gasteiger partial charge is 0.490 e. The lowest BCUT2D eigenvalue weighted by atomic mass is 10.2. The number of benzene rings is 3. The molecule has 0 aliphatic rings. The quantitative estimate of drug-likeness (QED) is 0.255. The van der Waals surface area contributed by atoms with Crippen LogP contribution >= 0.6 is 23.2 Å². The molecule has 0 aliphatic heterocycles. The van der Waals surface area contributed by atoms with Crippen LogP contribution in [0, 0.1) is 6.92 Å². The van der Waals surface area contributed by atoms with Crippen LogP contribution in [0.15, 0.2) is 65.8 Å². The maximum atomic E-state index is 12.5. The molecule has 196 valence electrons. The Morgan fingerprint density at radius 2 is 1.84 bits per heavy atom. The molecule has 0 fully saturated rings. The van der Waals surface area contributed by atoms with Gasteiger partial charge in [0.25, 0.3) is 5.91 Å². The highest BCUT2D eigenvalue weighted by Gasteiger charge is 2.21. The van der Waals surface area contributed by atoms with Crippen LogP contribution < -0.4 is 19.2 Å². The molecular formula is C26H27Cl2N3O5S. The highest BCUT2D eigenvalue weighted by Crippen LogP contribution is 2.29. The van der Waals surface area contributed by atoms with E-state index < -0.39 is 22.5 Å². The van der Waals surface area contributed by atoms with Gasteiger partial charge in [0.2, 0.25) is 10.0 Å². The summed E-state index contributed by atoms with van der Waals surface area (Å²) < 4.78 is 37.1. The highest BCUT2D eigenvalue weighted by molar-refractivity contribution is 7.92. The van der Waals surface area contributed by atoms with E-state index in [0.717, 1.165) is 21.7 Å². The molecule has 0 bridgehead atoms. The maximum absolute atomic E-state index is 12.5. The molecule has 0 atom stereocenters. The number of sulfonamides is 1. The number of anilines is 1. The van der Waals surface area contributed by atoms with Crippen molar-refractivity contribution in [3.63, 3.8) is 0 Å². The number of carbonyl (C=O) groups excluding carboxylic acids is 1. The van der Waals surface area contributed by atoms with Gasteiger partial charge < -0.3 is 9.47 Å². The van der Waals surface area contributed by atoms with Crippen molar-refractivity contribution in [3.8, 4) is 11.5 Å². The van der Waals surface area contributed by atoms with Crippen LogP contribution in [0.2, 0.25) is 10.0 Å². The summed E-state index contributed by atoms with van der Waals surface area (Å²) in [7, 11) is -3.74. The van der Waals surface area contributed by atoms with Crippen LogP contribution in [0.1, 0.15) is 23.6 Å². The van der Waals surface area contributed by atoms with Crippen LogP contribution in [0.25, 0.3) is 0 Å². The summed E-state index contributed by atoms with van der Waals surface area (Å²) >= 11 is 12.2. The zero-order chi connectivity index (χ0) is 27.0. The van der Waals surface area contributed by atoms with Crippen molar-refractivity contribution in [1.29, 1.82) is 0 Å². The molecule has 8 nitrogen and oxygen atoms in total. The third-order valence-electron chi connectivity index (χ3n) is 5.08. The predicted molar refractivity (Wildman–Crippen MR) is 148 cm³/mol. The second-order valence-electron chi connectivity index (χ2n) is 8.05. The summed E-state index contributed by atoms with van der Waals surface area (Å²) in [5.74, 6) is 0.438. The average molecular weight is 564 g/mol. The van der Waals surface area contributed by atoms with Crippen LogP contribution in [-0.2, 0) is 21.4 Å². The first-order chi connectivity index (χ1) is 17.6. The second kappa shape index (κ2) is 12.8. The van der Waals surface area contributed by atoms with Crippen molar-refractivity contribution in [2.45, 2.75) is 20.5 Å². The van der Waals surface area contributed by atoms with E-state index in [2.05, 4.69) is 10.5 Å². The number of hydrazone groups is 1. The number of aryl methyl sites for hydroxylation is 1. The van der Waals surface area contributed by atoms with Crippen LogP contribution in [-0.4, -0.2) is 39.9 Å². The molecule has 11 heteroatoms. The lowest BCUT2D eigenvalue weighted by Gasteiger charge is -2.21. The molecule has 0 heterocycles. The summed E-state index contributed by atoms with van der Waals surface area (Å²) in [5.41, 5.74) is 4.99. The highest BCUT2D eigenvalue weighted by atomic mass is 35.5. The third kappa shape index (κ3) is 8.38. The van der Waals surface area contributed by atoms with Gasteiger partial charge in [0.15, 0.2) is 11.5 Å². The van der Waals surface area contributed by atoms with E-state index in [1.165, 1.54) is 12.3 Å². The van der Waals surface area contributed by atoms with E-state index >= 15 is 0 Å². The molecule has 1 amide bonds. The fourth-order valence-corrected chi connectivity index (χ4v) is 4.50. The summed E-state index contributed by atoms with van der Waals surface area (Å²) in [6.07, 6.45) is 2.44. The van der Waals surface area contributed by atoms with Crippen molar-refractivity contribution in [3.05, 3.63) is 87.4 Å². The number of hydrogen-bond acceptors (Lipinski definition) is 6. The van der Waals surface area contributed by atoms with Crippen LogP contribution in [0.4, 0.5) is 5.69 Å². The molecular weight excluding hydrogens is 537 g/mol. The Labute approximate surface area is 226 Å². The van der Waals surface area contributed by atoms with Crippen molar-refractivity contribution >= 4 is 51.0 Å². The molecule has 0 unspecified atom stereocenters. The first kappa shape index (κ1) is 28.3. The van der Waals surface area contributed by atoms with Crippen LogP contribution in [0.5, 0.6) is 11.5 Å². The summed E-state index contributed by atoms with van der Waals surface area (Å²) in [5, 5.41) is 4.98. The topological polar surface area (TPSA) is 97.3 Å². The molecule has 0 saturated heterocycles. The van der Waals surface area contributed by atoms with Gasteiger partial charge in [-0.3, -0.25) is 9.10 Å². The monoisotopic (exact) mass is 563 g/mol. The number of amides is 1. The normalized spacial score (nSPS) is 11.4. The molecule has 37 heavy (non-hydrogen) atoms. The molecule has 0 aliphatic carbocycles. The Morgan fingerprint density at radius 3 is 2.51 bits per heavy atom. The average Bonchev–Trinajstić information content (AvgIpc) is 2.83. The van der Waals surface area contributed by atoms with Gasteiger partial charge >= 0.3 is 0 Å². The number of nitrogens with one attached hydrogen (secondary N) is 1. The van der Waals surface area contributed by atoms with E-state index in [-0.39, 0.29) is 5.69 Å². The van der Waals surface area contributed by atoms with Gasteiger partial charge in [-0.15, -0.1) is 0 Å². The van der Waals surface area contributed by atoms with Crippen molar-refractivity contribution < 1.29 is 22.7 Å². The number of rotatable bonds is 11. The Balaban J connectivity index is 1.66. The first-order valence-electron chi connectivity index (χ1n) is 11.3. The minimum atomic E-state index is -3.74. The number of halogens is 2. The van der Waals surface area contributed by atoms with Gasteiger partial charge in [-0.2, -0.15) is 5.10 Å². The molecule has 1 N–H and O–H groups in total. The summed E-state index contributed by atoms with van der Waals surface area (Å²) in [4.78, 5) is 12.5. The minimum absolute atomic E-state index is 0.284. The standard InChI is InChI=1S/C26H27Cl2N3O5S/c1-4-35-25-13-19(9-11-24(25)36-17-20-6-5-7-21(27)12-20)15-29-30-26(32)16-31(37(3,33)34)22-10-8-18(2)23(28)14-22/h5-15H,4,16-17H2,1-3H3,(H,30,32)/b29-15-. The molecule has 3 rings (SSSR count). The molecule has 0 radical (unpaired) electrons. The zero-order valence-electron chi connectivity index (χ0n) is 20.6. The fourth-order valence-electron chi connectivity index (χ4n) is 3.26. The Morgan fingerprint density at radius 1 is 1.05 bits per heavy atom. The molecule has 0 spiro atoms. The van der Waals surface area contributed by atoms with Gasteiger partial charge in [-0.25, -0.2) is 13.8 Å². The van der Waals surface area contributed by atoms with Gasteiger partial charge in [-0.1, -0.05) is 41.4 Å². The lowest BCUT2D eigenvalue weighted by Crippen LogP contribution is -2.39. The van der Waals surface area contributed by atoms with Crippen molar-refractivity contribution in [2.75, 3.05) is 23.7 Å². The van der Waals surface area contributed by atoms with Crippen LogP contribution in [0.3, 0.4) is 0 Å². The van der Waals surface area contributed by atoms with E-state index in [0.29, 0.717) is 40.3 Å². The third-order valence-corrected chi connectivity index (χ3v) is 6.87. The minimum Gasteiger partial charge on any atom is -0.490 e. The maximum Gasteiger partial charge on any atom is 0.260 e. The van der Waals surface area contributed by atoms with Gasteiger partial charge in [0, 0.05) is 10.0 Å². The number of nitrogens with zero attached hydrogens (tertiary/aromatic N) is 2. The number of ether oxygens (including phenoxy) is 2. The van der Waals surface area contributed by atoms with Gasteiger partial charge in [0.1, 0.15) is 13.2 Å². The number of hydrogen-bond donors (Lipinski definition) is 1. The first-order valence-corrected chi connectivity index (χ1v) is 13.9. The van der Waals surface area contributed by atoms with Crippen molar-refractivity contribution in [2.24, 2.45) is 5.10 Å². The Hall–Kier alpha value is -3.27. The predicted octanol–water partition coefficient (Wildman–Crippen LogP) is 5.20. The zero-order valence-corrected chi connectivity index (χ0v) is 22.9. The molecule has 3 aromatic rings. The number of carbonyl (C=O) groups is 1. The van der Waals surface area contributed by atoms with E-state index in [1.807, 2.05) is 25.1 Å². The fraction of sp³-hybridized carbons (Fsp3) is 0.231. The van der Waals surface area contributed by atoms with E-state index in [9.17, 15) is 13.2 Å². The summed E-state index contributed by atoms with van der Waals surface area (Å²) in [6.45, 7) is 3.93. The molecule has 3 aromatic carbocycles. The van der Waals surface area contributed by atoms with Gasteiger partial charge in [0.05, 0.1) is 24.8 Å². The lowest BCUT2D eigenvalue weighted by molar-refractivity contribution is -0.119. The summed E-state index contributed by atoms with van der Waals surface area (Å²) in [6, 6.07) is 17.4. The second-order valence-corrected chi connectivity index (χ2v) is 10.8. The van der Waals surface area contributed by atoms with Crippen molar-refractivity contribution in [1.82, 2.24) is 5.43 Å². The van der Waals surface area contributed by atoms with Gasteiger partial charge in [-0.05, 0) is 73.0 Å². The SMILES string of the molecule is CCOc1cc(/C=N\NC(=O)CN(c2ccc(C)c(Cl)c2)S(C)(=O)=O)ccc1OCc1cccc(Cl)c1. The van der Waals surface area contributed by atoms with E-state index in [1.54, 1.807) is 43.3 Å². The molecule has 0 aromatic heterocycles.